The number of carbonyl (C=O) groups is 1. The summed E-state index contributed by atoms with van der Waals surface area (Å²) in [7, 11) is 0. The van der Waals surface area contributed by atoms with Crippen molar-refractivity contribution in [1.29, 1.82) is 0 Å². The number of halogens is 6. The molecule has 1 aromatic rings. The fraction of sp³-hybridized carbons (Fsp3) is 0.500. The second-order valence-corrected chi connectivity index (χ2v) is 7.70. The summed E-state index contributed by atoms with van der Waals surface area (Å²) in [5.74, 6) is -0.237. The van der Waals surface area contributed by atoms with Crippen LogP contribution in [0, 0.1) is 5.92 Å². The fourth-order valence-electron chi connectivity index (χ4n) is 1.63. The third-order valence-electron chi connectivity index (χ3n) is 2.92. The largest absolute Gasteiger partial charge is 0.417 e. The van der Waals surface area contributed by atoms with Crippen molar-refractivity contribution in [3.63, 3.8) is 0 Å². The van der Waals surface area contributed by atoms with Gasteiger partial charge in [0.25, 0.3) is 0 Å². The Kier molecular flexibility index (Phi) is 5.42. The molecule has 22 heavy (non-hydrogen) atoms. The van der Waals surface area contributed by atoms with Crippen molar-refractivity contribution in [3.8, 4) is 0 Å². The van der Waals surface area contributed by atoms with E-state index in [1.54, 1.807) is 0 Å². The molecule has 1 aliphatic carbocycles. The molecular weight excluding hydrogens is 384 g/mol. The van der Waals surface area contributed by atoms with E-state index in [-0.39, 0.29) is 16.0 Å². The number of nitrogens with one attached hydrogen (secondary N) is 1. The number of carbonyl (C=O) groups excluding carboxylic acids is 1. The predicted molar refractivity (Wildman–Crippen MR) is 80.5 cm³/mol. The van der Waals surface area contributed by atoms with Crippen LogP contribution in [0.15, 0.2) is 17.3 Å². The van der Waals surface area contributed by atoms with Crippen molar-refractivity contribution in [1.82, 2.24) is 10.3 Å². The number of hydrogen-bond acceptors (Lipinski definition) is 3. The van der Waals surface area contributed by atoms with Crippen LogP contribution in [0.3, 0.4) is 0 Å². The molecule has 1 fully saturated rings. The van der Waals surface area contributed by atoms with E-state index in [2.05, 4.69) is 10.3 Å². The molecule has 1 amide bonds. The zero-order chi connectivity index (χ0) is 16.5. The molecule has 1 aromatic heterocycles. The second kappa shape index (κ2) is 6.63. The van der Waals surface area contributed by atoms with Gasteiger partial charge in [0.05, 0.1) is 16.5 Å². The molecule has 0 aromatic carbocycles. The van der Waals surface area contributed by atoms with Crippen molar-refractivity contribution in [2.75, 3.05) is 12.3 Å². The molecule has 1 N–H and O–H groups in total. The number of pyridine rings is 1. The summed E-state index contributed by atoms with van der Waals surface area (Å²) < 4.78 is 36.4. The number of nitrogens with zero attached hydrogens (tertiary/aromatic N) is 1. The van der Waals surface area contributed by atoms with Gasteiger partial charge < -0.3 is 5.32 Å². The first-order chi connectivity index (χ1) is 10.1. The lowest BCUT2D eigenvalue weighted by Gasteiger charge is -2.09. The van der Waals surface area contributed by atoms with Crippen LogP contribution in [0.2, 0.25) is 5.02 Å². The van der Waals surface area contributed by atoms with Crippen molar-refractivity contribution in [3.05, 3.63) is 22.8 Å². The average Bonchev–Trinajstić information content (AvgIpc) is 3.04. The Hall–Kier alpha value is -0.370. The van der Waals surface area contributed by atoms with Gasteiger partial charge in [-0.2, -0.15) is 13.2 Å². The molecule has 1 unspecified atom stereocenters. The maximum atomic E-state index is 12.5. The minimum atomic E-state index is -4.48. The molecule has 2 rings (SSSR count). The van der Waals surface area contributed by atoms with Gasteiger partial charge in [-0.25, -0.2) is 4.98 Å². The Morgan fingerprint density at radius 3 is 2.64 bits per heavy atom. The highest BCUT2D eigenvalue weighted by Gasteiger charge is 2.56. The molecule has 1 atom stereocenters. The molecule has 3 nitrogen and oxygen atoms in total. The summed E-state index contributed by atoms with van der Waals surface area (Å²) in [5, 5.41) is 2.85. The minimum Gasteiger partial charge on any atom is -0.355 e. The first-order valence-corrected chi connectivity index (χ1v) is 8.24. The van der Waals surface area contributed by atoms with E-state index in [1.807, 2.05) is 0 Å². The third-order valence-corrected chi connectivity index (χ3v) is 5.16. The van der Waals surface area contributed by atoms with E-state index in [9.17, 15) is 18.0 Å². The zero-order valence-corrected chi connectivity index (χ0v) is 14.0. The van der Waals surface area contributed by atoms with Crippen LogP contribution < -0.4 is 5.32 Å². The number of alkyl halides is 5. The molecule has 1 aliphatic rings. The van der Waals surface area contributed by atoms with Gasteiger partial charge in [0.1, 0.15) is 9.36 Å². The maximum absolute atomic E-state index is 12.5. The molecule has 1 saturated carbocycles. The number of amides is 1. The number of hydrogen-bond donors (Lipinski definition) is 1. The summed E-state index contributed by atoms with van der Waals surface area (Å²) in [6.07, 6.45) is -3.33. The van der Waals surface area contributed by atoms with Crippen LogP contribution in [0.1, 0.15) is 12.0 Å². The van der Waals surface area contributed by atoms with Gasteiger partial charge in [-0.1, -0.05) is 11.6 Å². The molecular formula is C12H10Cl3F3N2OS. The topological polar surface area (TPSA) is 42.0 Å². The van der Waals surface area contributed by atoms with E-state index in [1.165, 1.54) is 0 Å². The van der Waals surface area contributed by atoms with Crippen LogP contribution in [-0.4, -0.2) is 27.5 Å². The molecule has 0 radical (unpaired) electrons. The Bertz CT molecular complexity index is 583. The van der Waals surface area contributed by atoms with Gasteiger partial charge in [-0.15, -0.1) is 35.0 Å². The van der Waals surface area contributed by atoms with Crippen molar-refractivity contribution >= 4 is 52.5 Å². The number of aromatic nitrogens is 1. The van der Waals surface area contributed by atoms with Gasteiger partial charge in [0, 0.05) is 18.5 Å². The van der Waals surface area contributed by atoms with Crippen molar-refractivity contribution < 1.29 is 18.0 Å². The lowest BCUT2D eigenvalue weighted by atomic mass is 10.3. The molecule has 122 valence electrons. The summed E-state index contributed by atoms with van der Waals surface area (Å²) in [4.78, 5) is 15.3. The SMILES string of the molecule is O=C(NCCSc1ncc(C(F)(F)F)cc1Cl)C1CC1(Cl)Cl. The van der Waals surface area contributed by atoms with Gasteiger partial charge in [-0.3, -0.25) is 4.79 Å². The summed E-state index contributed by atoms with van der Waals surface area (Å²) in [6, 6.07) is 0.828. The summed E-state index contributed by atoms with van der Waals surface area (Å²) in [5.41, 5.74) is -0.899. The van der Waals surface area contributed by atoms with E-state index >= 15 is 0 Å². The molecule has 10 heteroatoms. The van der Waals surface area contributed by atoms with E-state index in [0.717, 1.165) is 24.0 Å². The second-order valence-electron chi connectivity index (χ2n) is 4.67. The first kappa shape index (κ1) is 18.0. The van der Waals surface area contributed by atoms with Gasteiger partial charge >= 0.3 is 6.18 Å². The van der Waals surface area contributed by atoms with Crippen molar-refractivity contribution in [2.45, 2.75) is 22.0 Å². The first-order valence-electron chi connectivity index (χ1n) is 6.12. The highest BCUT2D eigenvalue weighted by Crippen LogP contribution is 2.53. The monoisotopic (exact) mass is 392 g/mol. The fourth-order valence-corrected chi connectivity index (χ4v) is 3.19. The van der Waals surface area contributed by atoms with Crippen molar-refractivity contribution in [2.24, 2.45) is 5.92 Å². The van der Waals surface area contributed by atoms with E-state index in [4.69, 9.17) is 34.8 Å². The molecule has 1 heterocycles. The van der Waals surface area contributed by atoms with Crippen LogP contribution in [-0.2, 0) is 11.0 Å². The zero-order valence-electron chi connectivity index (χ0n) is 10.9. The molecule has 0 saturated heterocycles. The third kappa shape index (κ3) is 4.57. The van der Waals surface area contributed by atoms with Crippen LogP contribution in [0.5, 0.6) is 0 Å². The minimum absolute atomic E-state index is 0.0751. The molecule has 0 bridgehead atoms. The Balaban J connectivity index is 1.79. The molecule has 0 spiro atoms. The normalized spacial score (nSPS) is 19.8. The van der Waals surface area contributed by atoms with Gasteiger partial charge in [0.2, 0.25) is 5.91 Å². The van der Waals surface area contributed by atoms with Crippen LogP contribution in [0.4, 0.5) is 13.2 Å². The Morgan fingerprint density at radius 1 is 1.50 bits per heavy atom. The highest BCUT2D eigenvalue weighted by molar-refractivity contribution is 7.99. The van der Waals surface area contributed by atoms with Gasteiger partial charge in [-0.05, 0) is 12.5 Å². The molecule has 0 aliphatic heterocycles. The van der Waals surface area contributed by atoms with Crippen LogP contribution in [0.25, 0.3) is 0 Å². The lowest BCUT2D eigenvalue weighted by molar-refractivity contribution is -0.137. The smallest absolute Gasteiger partial charge is 0.355 e. The number of thioether (sulfide) groups is 1. The highest BCUT2D eigenvalue weighted by atomic mass is 35.5. The Labute approximate surface area is 143 Å². The maximum Gasteiger partial charge on any atom is 0.417 e. The predicted octanol–water partition coefficient (Wildman–Crippen LogP) is 4.16. The standard InChI is InChI=1S/C12H10Cl3F3N2OS/c13-8-3-6(12(16,17)18)5-20-10(8)22-2-1-19-9(21)7-4-11(7,14)15/h3,5,7H,1-2,4H2,(H,19,21). The quantitative estimate of drug-likeness (QED) is 0.464. The summed E-state index contributed by atoms with van der Waals surface area (Å²) >= 11 is 18.4. The van der Waals surface area contributed by atoms with E-state index < -0.39 is 22.0 Å². The summed E-state index contributed by atoms with van der Waals surface area (Å²) in [6.45, 7) is 0.308. The lowest BCUT2D eigenvalue weighted by Crippen LogP contribution is -2.28. The Morgan fingerprint density at radius 2 is 2.14 bits per heavy atom. The van der Waals surface area contributed by atoms with Gasteiger partial charge in [0.15, 0.2) is 0 Å². The van der Waals surface area contributed by atoms with Crippen LogP contribution >= 0.6 is 46.6 Å². The van der Waals surface area contributed by atoms with E-state index in [0.29, 0.717) is 18.7 Å². The average molecular weight is 394 g/mol. The number of rotatable bonds is 5.